The quantitative estimate of drug-likeness (QED) is 0.0561. The van der Waals surface area contributed by atoms with Crippen LogP contribution in [0.1, 0.15) is 112 Å². The lowest BCUT2D eigenvalue weighted by Gasteiger charge is -2.39. The number of rotatable bonds is 30. The van der Waals surface area contributed by atoms with Crippen LogP contribution in [0.2, 0.25) is 0 Å². The van der Waals surface area contributed by atoms with Gasteiger partial charge in [0.2, 0.25) is 0 Å². The molecule has 0 saturated heterocycles. The molecule has 10 nitrogen and oxygen atoms in total. The summed E-state index contributed by atoms with van der Waals surface area (Å²) in [6.45, 7) is 17.8. The van der Waals surface area contributed by atoms with Crippen LogP contribution in [0.3, 0.4) is 0 Å². The largest absolute Gasteiger partial charge is 0.393 e. The monoisotopic (exact) mass is 621 g/mol. The summed E-state index contributed by atoms with van der Waals surface area (Å²) in [4.78, 5) is 4.28. The van der Waals surface area contributed by atoms with E-state index in [1.165, 1.54) is 0 Å². The highest BCUT2D eigenvalue weighted by Gasteiger charge is 2.33. The van der Waals surface area contributed by atoms with Gasteiger partial charge in [0.25, 0.3) is 0 Å². The zero-order chi connectivity index (χ0) is 32.7. The number of nitrogens with one attached hydrogen (secondary N) is 2. The van der Waals surface area contributed by atoms with Gasteiger partial charge in [0.1, 0.15) is 0 Å². The van der Waals surface area contributed by atoms with E-state index in [9.17, 15) is 30.6 Å². The van der Waals surface area contributed by atoms with Gasteiger partial charge < -0.3 is 41.3 Å². The molecule has 0 spiro atoms. The molecule has 0 amide bonds. The van der Waals surface area contributed by atoms with Crippen LogP contribution in [0, 0.1) is 0 Å². The summed E-state index contributed by atoms with van der Waals surface area (Å²) in [6.07, 6.45) is 5.12. The molecule has 0 radical (unpaired) electrons. The molecule has 43 heavy (non-hydrogen) atoms. The molecule has 0 aliphatic rings. The van der Waals surface area contributed by atoms with Gasteiger partial charge in [-0.25, -0.2) is 0 Å². The highest BCUT2D eigenvalue weighted by Crippen LogP contribution is 2.26. The van der Waals surface area contributed by atoms with Gasteiger partial charge in [-0.1, -0.05) is 41.5 Å². The zero-order valence-corrected chi connectivity index (χ0v) is 28.7. The highest BCUT2D eigenvalue weighted by molar-refractivity contribution is 4.93. The number of aliphatic hydroxyl groups is 6. The maximum atomic E-state index is 10.7. The predicted molar refractivity (Wildman–Crippen MR) is 177 cm³/mol. The Labute approximate surface area is 264 Å². The van der Waals surface area contributed by atoms with E-state index in [4.69, 9.17) is 0 Å². The molecule has 6 unspecified atom stereocenters. The number of aliphatic hydroxyl groups excluding tert-OH is 6. The van der Waals surface area contributed by atoms with Crippen LogP contribution in [0.25, 0.3) is 0 Å². The van der Waals surface area contributed by atoms with Gasteiger partial charge in [-0.05, 0) is 103 Å². The summed E-state index contributed by atoms with van der Waals surface area (Å²) >= 11 is 0. The number of nitrogens with zero attached hydrogens (tertiary/aromatic N) is 2. The van der Waals surface area contributed by atoms with Crippen molar-refractivity contribution in [1.82, 2.24) is 20.4 Å². The van der Waals surface area contributed by atoms with E-state index >= 15 is 0 Å². The van der Waals surface area contributed by atoms with E-state index in [0.29, 0.717) is 84.1 Å². The van der Waals surface area contributed by atoms with Crippen LogP contribution < -0.4 is 10.6 Å². The molecule has 0 aromatic heterocycles. The number of hydrogen-bond donors (Lipinski definition) is 8. The maximum absolute atomic E-state index is 10.7. The SMILES string of the molecule is CCC(O)CN(CCCNCCC(CC(O)CC)(CC(O)CC)NCCCN(CC(O)CC)CC(O)CC)CC(O)CC. The van der Waals surface area contributed by atoms with E-state index in [2.05, 4.69) is 20.4 Å². The van der Waals surface area contributed by atoms with E-state index in [-0.39, 0.29) is 12.2 Å². The van der Waals surface area contributed by atoms with Crippen molar-refractivity contribution in [2.24, 2.45) is 0 Å². The Balaban J connectivity index is 5.22. The Morgan fingerprint density at radius 1 is 0.488 bits per heavy atom. The second-order valence-electron chi connectivity index (χ2n) is 12.7. The van der Waals surface area contributed by atoms with E-state index < -0.39 is 30.0 Å². The first-order valence-corrected chi connectivity index (χ1v) is 17.5. The standard InChI is InChI=1S/C33H72N4O6/c1-7-27(38)21-33(22-28(39)8-2,35-17-14-20-37(25-31(42)11-5)26-32(43)12-6)15-18-34-16-13-19-36(23-29(40)9-3)24-30(41)10-4/h27-32,34-35,38-43H,7-26H2,1-6H3. The molecule has 0 bridgehead atoms. The molecule has 0 fully saturated rings. The molecule has 0 aliphatic heterocycles. The molecule has 0 rings (SSSR count). The Bertz CT molecular complexity index is 598. The van der Waals surface area contributed by atoms with Crippen molar-refractivity contribution in [1.29, 1.82) is 0 Å². The zero-order valence-electron chi connectivity index (χ0n) is 28.7. The van der Waals surface area contributed by atoms with E-state index in [1.54, 1.807) is 0 Å². The molecule has 6 atom stereocenters. The molecule has 0 aliphatic carbocycles. The summed E-state index contributed by atoms with van der Waals surface area (Å²) in [7, 11) is 0. The minimum atomic E-state index is -0.462. The predicted octanol–water partition coefficient (Wildman–Crippen LogP) is 2.08. The lowest BCUT2D eigenvalue weighted by Crippen LogP contribution is -2.52. The average molecular weight is 621 g/mol. The molecule has 0 saturated carbocycles. The van der Waals surface area contributed by atoms with Crippen molar-refractivity contribution in [2.75, 3.05) is 58.9 Å². The highest BCUT2D eigenvalue weighted by atomic mass is 16.3. The fourth-order valence-corrected chi connectivity index (χ4v) is 5.47. The normalized spacial score (nSPS) is 18.0. The summed E-state index contributed by atoms with van der Waals surface area (Å²) in [5, 5.41) is 69.4. The summed E-state index contributed by atoms with van der Waals surface area (Å²) in [5.74, 6) is 0. The van der Waals surface area contributed by atoms with Crippen molar-refractivity contribution in [3.8, 4) is 0 Å². The third-order valence-corrected chi connectivity index (χ3v) is 8.72. The first-order valence-electron chi connectivity index (χ1n) is 17.5. The van der Waals surface area contributed by atoms with Gasteiger partial charge in [0, 0.05) is 31.7 Å². The van der Waals surface area contributed by atoms with Gasteiger partial charge in [0.05, 0.1) is 36.6 Å². The number of hydrogen-bond acceptors (Lipinski definition) is 10. The van der Waals surface area contributed by atoms with Crippen LogP contribution in [-0.4, -0.2) is 142 Å². The molecule has 260 valence electrons. The van der Waals surface area contributed by atoms with Crippen LogP contribution in [-0.2, 0) is 0 Å². The van der Waals surface area contributed by atoms with Crippen LogP contribution >= 0.6 is 0 Å². The van der Waals surface area contributed by atoms with E-state index in [0.717, 1.165) is 45.4 Å². The van der Waals surface area contributed by atoms with Gasteiger partial charge in [-0.3, -0.25) is 9.80 Å². The molecule has 0 aromatic rings. The van der Waals surface area contributed by atoms with Crippen LogP contribution in [0.4, 0.5) is 0 Å². The lowest BCUT2D eigenvalue weighted by molar-refractivity contribution is 0.0564. The van der Waals surface area contributed by atoms with Crippen LogP contribution in [0.15, 0.2) is 0 Å². The summed E-state index contributed by atoms with van der Waals surface area (Å²) in [6, 6.07) is 0. The minimum absolute atomic E-state index is 0.390. The summed E-state index contributed by atoms with van der Waals surface area (Å²) in [5.41, 5.74) is -0.420. The Morgan fingerprint density at radius 3 is 1.19 bits per heavy atom. The van der Waals surface area contributed by atoms with Crippen molar-refractivity contribution >= 4 is 0 Å². The summed E-state index contributed by atoms with van der Waals surface area (Å²) < 4.78 is 0. The Hall–Kier alpha value is -0.400. The lowest BCUT2D eigenvalue weighted by atomic mass is 9.81. The van der Waals surface area contributed by atoms with Gasteiger partial charge >= 0.3 is 0 Å². The Kier molecular flexibility index (Phi) is 25.5. The van der Waals surface area contributed by atoms with Crippen molar-refractivity contribution in [3.05, 3.63) is 0 Å². The van der Waals surface area contributed by atoms with Crippen molar-refractivity contribution in [3.63, 3.8) is 0 Å². The van der Waals surface area contributed by atoms with Crippen LogP contribution in [0.5, 0.6) is 0 Å². The first kappa shape index (κ1) is 42.6. The molecule has 0 aromatic carbocycles. The third-order valence-electron chi connectivity index (χ3n) is 8.72. The molecule has 8 N–H and O–H groups in total. The average Bonchev–Trinajstić information content (AvgIpc) is 2.99. The van der Waals surface area contributed by atoms with Crippen molar-refractivity contribution < 1.29 is 30.6 Å². The smallest absolute Gasteiger partial charge is 0.0664 e. The maximum Gasteiger partial charge on any atom is 0.0664 e. The second kappa shape index (κ2) is 25.8. The van der Waals surface area contributed by atoms with Gasteiger partial charge in [-0.2, -0.15) is 0 Å². The fraction of sp³-hybridized carbons (Fsp3) is 1.00. The van der Waals surface area contributed by atoms with E-state index in [1.807, 2.05) is 41.5 Å². The molecule has 0 heterocycles. The fourth-order valence-electron chi connectivity index (χ4n) is 5.47. The second-order valence-corrected chi connectivity index (χ2v) is 12.7. The molecule has 10 heteroatoms. The van der Waals surface area contributed by atoms with Gasteiger partial charge in [0.15, 0.2) is 0 Å². The van der Waals surface area contributed by atoms with Crippen molar-refractivity contribution in [2.45, 2.75) is 154 Å². The molecular formula is C33H72N4O6. The molecular weight excluding hydrogens is 548 g/mol. The van der Waals surface area contributed by atoms with Gasteiger partial charge in [-0.15, -0.1) is 0 Å². The topological polar surface area (TPSA) is 152 Å². The minimum Gasteiger partial charge on any atom is -0.393 e. The Morgan fingerprint density at radius 2 is 0.837 bits per heavy atom. The third kappa shape index (κ3) is 21.1. The first-order chi connectivity index (χ1) is 20.5.